The Bertz CT molecular complexity index is 1820. The number of benzene rings is 3. The van der Waals surface area contributed by atoms with Gasteiger partial charge in [0.1, 0.15) is 11.3 Å². The zero-order valence-corrected chi connectivity index (χ0v) is 21.7. The molecule has 10 heteroatoms. The molecule has 2 amide bonds. The Morgan fingerprint density at radius 1 is 1.02 bits per heavy atom. The summed E-state index contributed by atoms with van der Waals surface area (Å²) < 4.78 is 9.45. The molecule has 5 aromatic rings. The molecule has 198 valence electrons. The van der Waals surface area contributed by atoms with Crippen LogP contribution in [0.4, 0.5) is 5.69 Å². The second-order valence-corrected chi connectivity index (χ2v) is 9.72. The van der Waals surface area contributed by atoms with Gasteiger partial charge < -0.3 is 15.4 Å². The Balaban J connectivity index is 1.33. The van der Waals surface area contributed by atoms with Crippen molar-refractivity contribution in [2.24, 2.45) is 12.0 Å². The number of aryl methyl sites for hydroxylation is 2. The van der Waals surface area contributed by atoms with Gasteiger partial charge in [0.2, 0.25) is 12.0 Å². The van der Waals surface area contributed by atoms with Gasteiger partial charge in [0.05, 0.1) is 29.7 Å². The molecule has 0 saturated carbocycles. The number of carbonyl (C=O) groups excluding carboxylic acids is 2. The first-order chi connectivity index (χ1) is 19.6. The highest BCUT2D eigenvalue weighted by atomic mass is 16.5. The molecule has 0 spiro atoms. The molecule has 1 atom stereocenters. The molecule has 0 bridgehead atoms. The van der Waals surface area contributed by atoms with Crippen LogP contribution < -0.4 is 15.4 Å². The van der Waals surface area contributed by atoms with E-state index < -0.39 is 18.0 Å². The summed E-state index contributed by atoms with van der Waals surface area (Å²) in [5.74, 6) is -0.560. The average Bonchev–Trinajstić information content (AvgIpc) is 3.53. The molecule has 2 aromatic heterocycles. The Morgan fingerprint density at radius 3 is 2.70 bits per heavy atom. The Hall–Kier alpha value is -5.25. The van der Waals surface area contributed by atoms with Gasteiger partial charge in [0, 0.05) is 42.1 Å². The molecule has 0 radical (unpaired) electrons. The summed E-state index contributed by atoms with van der Waals surface area (Å²) in [6.07, 6.45) is 1.36. The van der Waals surface area contributed by atoms with Crippen molar-refractivity contribution in [1.29, 1.82) is 0 Å². The zero-order chi connectivity index (χ0) is 27.2. The van der Waals surface area contributed by atoms with Crippen molar-refractivity contribution in [2.75, 3.05) is 11.9 Å². The highest BCUT2D eigenvalue weighted by Crippen LogP contribution is 2.36. The van der Waals surface area contributed by atoms with E-state index in [-0.39, 0.29) is 5.56 Å². The van der Waals surface area contributed by atoms with Gasteiger partial charge in [0.15, 0.2) is 0 Å². The van der Waals surface area contributed by atoms with Crippen LogP contribution in [-0.2, 0) is 18.4 Å². The number of hydrogen-bond acceptors (Lipinski definition) is 6. The summed E-state index contributed by atoms with van der Waals surface area (Å²) in [6, 6.07) is 22.9. The lowest BCUT2D eigenvalue weighted by molar-refractivity contribution is -0.117. The van der Waals surface area contributed by atoms with E-state index in [0.717, 1.165) is 34.0 Å². The largest absolute Gasteiger partial charge is 0.477 e. The average molecular weight is 532 g/mol. The second kappa shape index (κ2) is 9.49. The number of carbonyl (C=O) groups is 2. The van der Waals surface area contributed by atoms with Crippen LogP contribution in [0.15, 0.2) is 84.0 Å². The zero-order valence-electron chi connectivity index (χ0n) is 21.7. The number of anilines is 1. The predicted octanol–water partition coefficient (Wildman–Crippen LogP) is 3.76. The fraction of sp³-hybridized carbons (Fsp3) is 0.167. The predicted molar refractivity (Wildman–Crippen MR) is 150 cm³/mol. The first-order valence-corrected chi connectivity index (χ1v) is 13.1. The number of nitrogens with one attached hydrogen (secondary N) is 2. The van der Waals surface area contributed by atoms with Crippen molar-refractivity contribution in [2.45, 2.75) is 19.1 Å². The number of rotatable bonds is 4. The van der Waals surface area contributed by atoms with Crippen molar-refractivity contribution in [3.63, 3.8) is 0 Å². The van der Waals surface area contributed by atoms with E-state index in [2.05, 4.69) is 15.7 Å². The molecule has 0 aliphatic carbocycles. The van der Waals surface area contributed by atoms with Crippen LogP contribution in [0, 0.1) is 0 Å². The number of benzodiazepines with no additional fused rings is 1. The first-order valence-electron chi connectivity index (χ1n) is 13.1. The summed E-state index contributed by atoms with van der Waals surface area (Å²) in [5.41, 5.74) is 5.24. The molecule has 2 aliphatic rings. The summed E-state index contributed by atoms with van der Waals surface area (Å²) >= 11 is 0. The van der Waals surface area contributed by atoms with E-state index in [0.29, 0.717) is 36.1 Å². The SMILES string of the molecule is Cn1ncc2c(-c3nn4c(c3C(=O)N[C@H]3N=C(c5ccccc5)c5ccccc5NC3=O)OCCC4)cccc21. The van der Waals surface area contributed by atoms with Crippen LogP contribution in [0.5, 0.6) is 5.88 Å². The van der Waals surface area contributed by atoms with Gasteiger partial charge in [-0.15, -0.1) is 0 Å². The van der Waals surface area contributed by atoms with E-state index in [9.17, 15) is 9.59 Å². The molecule has 10 nitrogen and oxygen atoms in total. The summed E-state index contributed by atoms with van der Waals surface area (Å²) in [5, 5.41) is 15.8. The second-order valence-electron chi connectivity index (χ2n) is 9.72. The molecule has 3 aromatic carbocycles. The quantitative estimate of drug-likeness (QED) is 0.366. The minimum atomic E-state index is -1.18. The Labute approximate surface area is 229 Å². The van der Waals surface area contributed by atoms with Crippen molar-refractivity contribution >= 4 is 34.1 Å². The third kappa shape index (κ3) is 3.92. The van der Waals surface area contributed by atoms with Crippen molar-refractivity contribution < 1.29 is 14.3 Å². The lowest BCUT2D eigenvalue weighted by Crippen LogP contribution is -2.42. The van der Waals surface area contributed by atoms with Crippen LogP contribution in [0.2, 0.25) is 0 Å². The van der Waals surface area contributed by atoms with Gasteiger partial charge >= 0.3 is 0 Å². The van der Waals surface area contributed by atoms with Crippen LogP contribution in [-0.4, -0.2) is 49.9 Å². The van der Waals surface area contributed by atoms with Gasteiger partial charge in [-0.2, -0.15) is 10.2 Å². The standard InChI is InChI=1S/C30H25N7O3/c1-36-23-14-7-12-19(21(23)17-31-36)26-24(30-37(35-26)15-8-16-40-30)28(38)34-27-29(39)32-22-13-6-5-11-20(22)25(33-27)18-9-3-2-4-10-18/h2-7,9-14,17,27H,8,15-16H2,1H3,(H,32,39)(H,34,38)/t27-/m1/s1. The van der Waals surface area contributed by atoms with Crippen LogP contribution in [0.25, 0.3) is 22.2 Å². The van der Waals surface area contributed by atoms with Gasteiger partial charge in [-0.05, 0) is 12.1 Å². The topological polar surface area (TPSA) is 115 Å². The minimum absolute atomic E-state index is 0.266. The number of nitrogens with zero attached hydrogens (tertiary/aromatic N) is 5. The number of para-hydroxylation sites is 1. The van der Waals surface area contributed by atoms with Crippen molar-refractivity contribution in [3.8, 4) is 17.1 Å². The lowest BCUT2D eigenvalue weighted by atomic mass is 10.0. The maximum atomic E-state index is 14.0. The van der Waals surface area contributed by atoms with Crippen molar-refractivity contribution in [3.05, 3.63) is 95.7 Å². The number of aliphatic imine (C=N–C) groups is 1. The maximum Gasteiger partial charge on any atom is 0.269 e. The third-order valence-corrected chi connectivity index (χ3v) is 7.19. The monoisotopic (exact) mass is 531 g/mol. The molecule has 4 heterocycles. The smallest absolute Gasteiger partial charge is 0.269 e. The molecule has 7 rings (SSSR count). The van der Waals surface area contributed by atoms with Gasteiger partial charge in [-0.1, -0.05) is 60.7 Å². The Morgan fingerprint density at radius 2 is 1.82 bits per heavy atom. The molecule has 0 saturated heterocycles. The molecular formula is C30H25N7O3. The number of aromatic nitrogens is 4. The molecule has 0 fully saturated rings. The molecule has 2 aliphatic heterocycles. The number of hydrogen-bond donors (Lipinski definition) is 2. The van der Waals surface area contributed by atoms with Crippen LogP contribution >= 0.6 is 0 Å². The molecule has 40 heavy (non-hydrogen) atoms. The fourth-order valence-electron chi connectivity index (χ4n) is 5.28. The van der Waals surface area contributed by atoms with Crippen LogP contribution in [0.1, 0.15) is 27.9 Å². The highest BCUT2D eigenvalue weighted by Gasteiger charge is 2.33. The lowest BCUT2D eigenvalue weighted by Gasteiger charge is -2.17. The highest BCUT2D eigenvalue weighted by molar-refractivity contribution is 6.20. The molecule has 2 N–H and O–H groups in total. The number of ether oxygens (including phenoxy) is 1. The van der Waals surface area contributed by atoms with E-state index in [1.807, 2.05) is 79.8 Å². The maximum absolute atomic E-state index is 14.0. The first kappa shape index (κ1) is 23.8. The summed E-state index contributed by atoms with van der Waals surface area (Å²) in [4.78, 5) is 32.2. The van der Waals surface area contributed by atoms with E-state index in [4.69, 9.17) is 14.8 Å². The van der Waals surface area contributed by atoms with E-state index in [1.54, 1.807) is 15.6 Å². The summed E-state index contributed by atoms with van der Waals surface area (Å²) in [7, 11) is 1.87. The van der Waals surface area contributed by atoms with Crippen LogP contribution in [0.3, 0.4) is 0 Å². The fourth-order valence-corrected chi connectivity index (χ4v) is 5.28. The molecule has 0 unspecified atom stereocenters. The summed E-state index contributed by atoms with van der Waals surface area (Å²) in [6.45, 7) is 1.09. The van der Waals surface area contributed by atoms with Gasteiger partial charge in [0.25, 0.3) is 11.8 Å². The van der Waals surface area contributed by atoms with E-state index in [1.165, 1.54) is 0 Å². The molecular weight excluding hydrogens is 506 g/mol. The minimum Gasteiger partial charge on any atom is -0.477 e. The number of fused-ring (bicyclic) bond motifs is 3. The third-order valence-electron chi connectivity index (χ3n) is 7.19. The Kier molecular flexibility index (Phi) is 5.66. The van der Waals surface area contributed by atoms with Gasteiger partial charge in [-0.3, -0.25) is 14.3 Å². The van der Waals surface area contributed by atoms with Gasteiger partial charge in [-0.25, -0.2) is 9.67 Å². The number of amides is 2. The van der Waals surface area contributed by atoms with Crippen molar-refractivity contribution in [1.82, 2.24) is 24.9 Å². The normalized spacial score (nSPS) is 16.3. The van der Waals surface area contributed by atoms with E-state index >= 15 is 0 Å².